The van der Waals surface area contributed by atoms with Crippen LogP contribution in [0.4, 0.5) is 5.69 Å². The molecule has 0 aliphatic carbocycles. The van der Waals surface area contributed by atoms with Gasteiger partial charge in [-0.1, -0.05) is 47.1 Å². The summed E-state index contributed by atoms with van der Waals surface area (Å²) in [5.74, 6) is -0.0243. The smallest absolute Gasteiger partial charge is 0.246 e. The number of carbonyl (C=O) groups is 1. The Bertz CT molecular complexity index is 1130. The van der Waals surface area contributed by atoms with Gasteiger partial charge in [-0.3, -0.25) is 9.10 Å². The van der Waals surface area contributed by atoms with Gasteiger partial charge in [0.1, 0.15) is 6.54 Å². The quantitative estimate of drug-likeness (QED) is 0.613. The van der Waals surface area contributed by atoms with E-state index in [1.165, 1.54) is 0 Å². The molecule has 0 aliphatic heterocycles. The van der Waals surface area contributed by atoms with Crippen molar-refractivity contribution in [2.24, 2.45) is 0 Å². The van der Waals surface area contributed by atoms with Gasteiger partial charge in [0.05, 0.1) is 23.5 Å². The van der Waals surface area contributed by atoms with E-state index in [1.807, 2.05) is 0 Å². The summed E-state index contributed by atoms with van der Waals surface area (Å²) < 4.78 is 30.5. The van der Waals surface area contributed by atoms with E-state index in [4.69, 9.17) is 16.1 Å². The third-order valence-electron chi connectivity index (χ3n) is 4.09. The molecule has 2 aromatic carbocycles. The number of sulfonamides is 1. The molecule has 1 heterocycles. The van der Waals surface area contributed by atoms with Crippen LogP contribution in [0.2, 0.25) is 5.02 Å². The zero-order valence-corrected chi connectivity index (χ0v) is 17.4. The fourth-order valence-electron chi connectivity index (χ4n) is 2.66. The minimum absolute atomic E-state index is 0.0400. The van der Waals surface area contributed by atoms with Gasteiger partial charge in [0.15, 0.2) is 0 Å². The van der Waals surface area contributed by atoms with E-state index in [9.17, 15) is 13.2 Å². The lowest BCUT2D eigenvalue weighted by Gasteiger charge is -2.23. The Morgan fingerprint density at radius 1 is 1.17 bits per heavy atom. The molecule has 0 spiro atoms. The maximum atomic E-state index is 12.4. The van der Waals surface area contributed by atoms with E-state index in [0.29, 0.717) is 22.1 Å². The highest BCUT2D eigenvalue weighted by Crippen LogP contribution is 2.25. The van der Waals surface area contributed by atoms with Crippen molar-refractivity contribution in [3.63, 3.8) is 0 Å². The summed E-state index contributed by atoms with van der Waals surface area (Å²) >= 11 is 6.11. The number of rotatable bonds is 7. The molecule has 29 heavy (non-hydrogen) atoms. The summed E-state index contributed by atoms with van der Waals surface area (Å²) in [7, 11) is -3.65. The van der Waals surface area contributed by atoms with E-state index >= 15 is 0 Å². The minimum atomic E-state index is -3.65. The Morgan fingerprint density at radius 3 is 2.55 bits per heavy atom. The first-order chi connectivity index (χ1) is 13.8. The number of carbonyl (C=O) groups excluding carboxylic acids is 1. The fourth-order valence-corrected chi connectivity index (χ4v) is 3.80. The van der Waals surface area contributed by atoms with Crippen molar-refractivity contribution in [3.05, 3.63) is 65.0 Å². The number of amides is 1. The molecule has 0 saturated heterocycles. The largest absolute Gasteiger partial charge is 0.345 e. The monoisotopic (exact) mass is 434 g/mol. The lowest BCUT2D eigenvalue weighted by atomic mass is 10.2. The molecule has 1 amide bonds. The molecule has 0 bridgehead atoms. The third-order valence-corrected chi connectivity index (χ3v) is 5.55. The molecular formula is C19H19ClN4O4S. The predicted octanol–water partition coefficient (Wildman–Crippen LogP) is 2.78. The van der Waals surface area contributed by atoms with Gasteiger partial charge in [-0.2, -0.15) is 4.98 Å². The van der Waals surface area contributed by atoms with Crippen molar-refractivity contribution in [1.82, 2.24) is 15.5 Å². The van der Waals surface area contributed by atoms with Gasteiger partial charge in [-0.15, -0.1) is 0 Å². The Labute approximate surface area is 173 Å². The number of aryl methyl sites for hydroxylation is 1. The summed E-state index contributed by atoms with van der Waals surface area (Å²) in [4.78, 5) is 16.6. The van der Waals surface area contributed by atoms with Gasteiger partial charge in [0, 0.05) is 5.56 Å². The van der Waals surface area contributed by atoms with Gasteiger partial charge in [0.25, 0.3) is 0 Å². The number of nitrogens with one attached hydrogen (secondary N) is 1. The topological polar surface area (TPSA) is 105 Å². The van der Waals surface area contributed by atoms with Crippen LogP contribution in [0, 0.1) is 6.92 Å². The van der Waals surface area contributed by atoms with Crippen molar-refractivity contribution < 1.29 is 17.7 Å². The lowest BCUT2D eigenvalue weighted by Crippen LogP contribution is -2.40. The summed E-state index contributed by atoms with van der Waals surface area (Å²) in [5, 5.41) is 6.93. The Morgan fingerprint density at radius 2 is 1.86 bits per heavy atom. The first kappa shape index (κ1) is 20.8. The van der Waals surface area contributed by atoms with E-state index in [2.05, 4.69) is 15.5 Å². The number of benzene rings is 2. The Hall–Kier alpha value is -2.91. The lowest BCUT2D eigenvalue weighted by molar-refractivity contribution is -0.119. The molecule has 3 aromatic rings. The van der Waals surface area contributed by atoms with Crippen molar-refractivity contribution in [2.75, 3.05) is 17.1 Å². The van der Waals surface area contributed by atoms with Crippen LogP contribution in [0.1, 0.15) is 11.5 Å². The molecule has 0 unspecified atom stereocenters. The maximum Gasteiger partial charge on any atom is 0.246 e. The molecule has 0 aliphatic rings. The number of hydrogen-bond donors (Lipinski definition) is 1. The van der Waals surface area contributed by atoms with Crippen LogP contribution in [0.5, 0.6) is 0 Å². The normalized spacial score (nSPS) is 11.3. The number of halogens is 1. The van der Waals surface area contributed by atoms with Gasteiger partial charge in [-0.25, -0.2) is 8.42 Å². The highest BCUT2D eigenvalue weighted by molar-refractivity contribution is 7.92. The third kappa shape index (κ3) is 5.12. The van der Waals surface area contributed by atoms with Crippen molar-refractivity contribution in [3.8, 4) is 11.4 Å². The first-order valence-electron chi connectivity index (χ1n) is 8.63. The highest BCUT2D eigenvalue weighted by Gasteiger charge is 2.22. The van der Waals surface area contributed by atoms with Gasteiger partial charge in [-0.05, 0) is 30.7 Å². The van der Waals surface area contributed by atoms with Crippen LogP contribution in [-0.4, -0.2) is 37.3 Å². The van der Waals surface area contributed by atoms with E-state index in [1.54, 1.807) is 55.5 Å². The standard InChI is InChI=1S/C19H19ClN4O4S/c1-13-7-3-6-10-16(13)24(29(2,26)27)12-17(25)21-11-18-22-19(23-28-18)14-8-4-5-9-15(14)20/h3-10H,11-12H2,1-2H3,(H,21,25). The van der Waals surface area contributed by atoms with Gasteiger partial charge >= 0.3 is 0 Å². The number of para-hydroxylation sites is 1. The van der Waals surface area contributed by atoms with Crippen LogP contribution in [0.25, 0.3) is 11.4 Å². The van der Waals surface area contributed by atoms with Crippen LogP contribution < -0.4 is 9.62 Å². The molecule has 0 atom stereocenters. The second-order valence-corrected chi connectivity index (χ2v) is 8.64. The Balaban J connectivity index is 1.68. The van der Waals surface area contributed by atoms with E-state index < -0.39 is 15.9 Å². The zero-order chi connectivity index (χ0) is 21.0. The van der Waals surface area contributed by atoms with Gasteiger partial charge < -0.3 is 9.84 Å². The highest BCUT2D eigenvalue weighted by atomic mass is 35.5. The zero-order valence-electron chi connectivity index (χ0n) is 15.8. The molecule has 1 N–H and O–H groups in total. The van der Waals surface area contributed by atoms with Crippen LogP contribution in [0.3, 0.4) is 0 Å². The van der Waals surface area contributed by atoms with E-state index in [0.717, 1.165) is 16.1 Å². The number of anilines is 1. The summed E-state index contributed by atoms with van der Waals surface area (Å²) in [6.07, 6.45) is 1.06. The summed E-state index contributed by atoms with van der Waals surface area (Å²) in [6.45, 7) is 1.37. The molecule has 10 heteroatoms. The molecule has 0 saturated carbocycles. The predicted molar refractivity (Wildman–Crippen MR) is 110 cm³/mol. The van der Waals surface area contributed by atoms with E-state index in [-0.39, 0.29) is 19.0 Å². The maximum absolute atomic E-state index is 12.4. The molecule has 1 aromatic heterocycles. The second kappa shape index (κ2) is 8.62. The molecule has 0 fully saturated rings. The fraction of sp³-hybridized carbons (Fsp3) is 0.211. The van der Waals surface area contributed by atoms with Crippen molar-refractivity contribution in [1.29, 1.82) is 0 Å². The Kier molecular flexibility index (Phi) is 6.19. The number of nitrogens with zero attached hydrogens (tertiary/aromatic N) is 3. The number of hydrogen-bond acceptors (Lipinski definition) is 6. The molecule has 3 rings (SSSR count). The van der Waals surface area contributed by atoms with Gasteiger partial charge in [0.2, 0.25) is 27.6 Å². The average molecular weight is 435 g/mol. The average Bonchev–Trinajstić information content (AvgIpc) is 3.13. The SMILES string of the molecule is Cc1ccccc1N(CC(=O)NCc1nc(-c2ccccc2Cl)no1)S(C)(=O)=O. The minimum Gasteiger partial charge on any atom is -0.345 e. The molecule has 0 radical (unpaired) electrons. The second-order valence-electron chi connectivity index (χ2n) is 6.32. The first-order valence-corrected chi connectivity index (χ1v) is 10.9. The van der Waals surface area contributed by atoms with Crippen LogP contribution >= 0.6 is 11.6 Å². The van der Waals surface area contributed by atoms with Crippen molar-refractivity contribution >= 4 is 33.2 Å². The molecule has 8 nitrogen and oxygen atoms in total. The molecule has 152 valence electrons. The van der Waals surface area contributed by atoms with Crippen molar-refractivity contribution in [2.45, 2.75) is 13.5 Å². The summed E-state index contributed by atoms with van der Waals surface area (Å²) in [6, 6.07) is 14.0. The molecular weight excluding hydrogens is 416 g/mol. The van der Waals surface area contributed by atoms with Crippen LogP contribution in [-0.2, 0) is 21.4 Å². The van der Waals surface area contributed by atoms with Crippen LogP contribution in [0.15, 0.2) is 53.1 Å². The number of aromatic nitrogens is 2. The summed E-state index contributed by atoms with van der Waals surface area (Å²) in [5.41, 5.74) is 1.80.